The SMILES string of the molecule is C1CCOC1.O=[N+]([O-])[O-].[Li+]. The van der Waals surface area contributed by atoms with Crippen molar-refractivity contribution in [2.45, 2.75) is 12.8 Å². The molecule has 54 valence electrons. The van der Waals surface area contributed by atoms with Crippen molar-refractivity contribution in [3.63, 3.8) is 0 Å². The summed E-state index contributed by atoms with van der Waals surface area (Å²) < 4.78 is 4.94. The van der Waals surface area contributed by atoms with Crippen molar-refractivity contribution in [3.05, 3.63) is 15.3 Å². The molecule has 0 aromatic rings. The topological polar surface area (TPSA) is 75.4 Å². The van der Waals surface area contributed by atoms with Crippen molar-refractivity contribution in [3.8, 4) is 0 Å². The summed E-state index contributed by atoms with van der Waals surface area (Å²) in [4.78, 5) is 8.25. The number of rotatable bonds is 0. The standard InChI is InChI=1S/C4H8O.Li.NO3/c1-2-4-5-3-1;;2-1(3)4/h1-4H2;;/q;+1;-1. The summed E-state index contributed by atoms with van der Waals surface area (Å²) in [5.41, 5.74) is 0. The van der Waals surface area contributed by atoms with E-state index in [9.17, 15) is 0 Å². The van der Waals surface area contributed by atoms with Crippen molar-refractivity contribution in [2.24, 2.45) is 0 Å². The van der Waals surface area contributed by atoms with E-state index in [0.717, 1.165) is 13.2 Å². The Balaban J connectivity index is 0. The van der Waals surface area contributed by atoms with Gasteiger partial charge in [-0.3, -0.25) is 0 Å². The molecule has 0 spiro atoms. The van der Waals surface area contributed by atoms with Gasteiger partial charge in [-0.25, -0.2) is 0 Å². The maximum Gasteiger partial charge on any atom is 1.00 e. The van der Waals surface area contributed by atoms with Crippen molar-refractivity contribution in [1.29, 1.82) is 0 Å². The first-order valence-corrected chi connectivity index (χ1v) is 2.63. The summed E-state index contributed by atoms with van der Waals surface area (Å²) in [7, 11) is 0. The van der Waals surface area contributed by atoms with Crippen LogP contribution in [0.5, 0.6) is 0 Å². The Morgan fingerprint density at radius 3 is 1.60 bits per heavy atom. The number of hydrogen-bond donors (Lipinski definition) is 0. The van der Waals surface area contributed by atoms with E-state index in [2.05, 4.69) is 0 Å². The van der Waals surface area contributed by atoms with Gasteiger partial charge in [0.25, 0.3) is 0 Å². The quantitative estimate of drug-likeness (QED) is 0.213. The van der Waals surface area contributed by atoms with Gasteiger partial charge in [0.15, 0.2) is 0 Å². The van der Waals surface area contributed by atoms with E-state index in [0.29, 0.717) is 0 Å². The minimum absolute atomic E-state index is 0. The van der Waals surface area contributed by atoms with Crippen LogP contribution in [0.2, 0.25) is 0 Å². The second-order valence-electron chi connectivity index (χ2n) is 1.54. The molecule has 1 saturated heterocycles. The Morgan fingerprint density at radius 1 is 1.20 bits per heavy atom. The van der Waals surface area contributed by atoms with Gasteiger partial charge in [0.2, 0.25) is 0 Å². The molecule has 0 bridgehead atoms. The van der Waals surface area contributed by atoms with Crippen molar-refractivity contribution in [2.75, 3.05) is 13.2 Å². The van der Waals surface area contributed by atoms with Gasteiger partial charge < -0.3 is 20.1 Å². The van der Waals surface area contributed by atoms with E-state index in [1.165, 1.54) is 12.8 Å². The molecule has 0 unspecified atom stereocenters. The fourth-order valence-corrected chi connectivity index (χ4v) is 0.510. The zero-order chi connectivity index (χ0) is 7.11. The van der Waals surface area contributed by atoms with Gasteiger partial charge in [-0.1, -0.05) is 0 Å². The van der Waals surface area contributed by atoms with Gasteiger partial charge in [-0.15, -0.1) is 0 Å². The first-order valence-electron chi connectivity index (χ1n) is 2.63. The molecule has 1 fully saturated rings. The minimum atomic E-state index is -1.75. The molecule has 1 heterocycles. The maximum absolute atomic E-state index is 8.25. The predicted octanol–water partition coefficient (Wildman–Crippen LogP) is -2.44. The van der Waals surface area contributed by atoms with Gasteiger partial charge in [-0.05, 0) is 12.8 Å². The molecule has 0 radical (unpaired) electrons. The zero-order valence-electron chi connectivity index (χ0n) is 5.91. The van der Waals surface area contributed by atoms with E-state index in [4.69, 9.17) is 20.1 Å². The van der Waals surface area contributed by atoms with Crippen LogP contribution in [0, 0.1) is 15.3 Å². The molecular weight excluding hydrogens is 133 g/mol. The van der Waals surface area contributed by atoms with Gasteiger partial charge in [0.05, 0.1) is 5.09 Å². The second kappa shape index (κ2) is 8.76. The molecule has 0 aliphatic carbocycles. The molecule has 1 aliphatic heterocycles. The third-order valence-electron chi connectivity index (χ3n) is 0.827. The van der Waals surface area contributed by atoms with Crippen molar-refractivity contribution >= 4 is 0 Å². The van der Waals surface area contributed by atoms with E-state index in [-0.39, 0.29) is 18.9 Å². The van der Waals surface area contributed by atoms with E-state index in [1.807, 2.05) is 0 Å². The van der Waals surface area contributed by atoms with Crippen LogP contribution in [0.1, 0.15) is 12.8 Å². The summed E-state index contributed by atoms with van der Waals surface area (Å²) in [6.07, 6.45) is 2.56. The summed E-state index contributed by atoms with van der Waals surface area (Å²) in [5.74, 6) is 0. The van der Waals surface area contributed by atoms with E-state index in [1.54, 1.807) is 0 Å². The molecule has 1 rings (SSSR count). The fraction of sp³-hybridized carbons (Fsp3) is 1.00. The average molecular weight is 141 g/mol. The van der Waals surface area contributed by atoms with Crippen LogP contribution >= 0.6 is 0 Å². The molecule has 10 heavy (non-hydrogen) atoms. The van der Waals surface area contributed by atoms with Crippen molar-refractivity contribution in [1.82, 2.24) is 0 Å². The first-order chi connectivity index (χ1) is 4.23. The van der Waals surface area contributed by atoms with Crippen LogP contribution in [0.3, 0.4) is 0 Å². The molecule has 0 amide bonds. The average Bonchev–Trinajstić information content (AvgIpc) is 2.11. The van der Waals surface area contributed by atoms with Gasteiger partial charge >= 0.3 is 18.9 Å². The van der Waals surface area contributed by atoms with Crippen molar-refractivity contribution < 1.29 is 28.7 Å². The smallest absolute Gasteiger partial charge is 0.381 e. The Bertz CT molecular complexity index is 73.7. The van der Waals surface area contributed by atoms with Gasteiger partial charge in [-0.2, -0.15) is 0 Å². The number of nitrogens with zero attached hydrogens (tertiary/aromatic N) is 1. The van der Waals surface area contributed by atoms with Gasteiger partial charge in [0.1, 0.15) is 0 Å². The summed E-state index contributed by atoms with van der Waals surface area (Å²) >= 11 is 0. The zero-order valence-corrected chi connectivity index (χ0v) is 5.91. The molecule has 0 atom stereocenters. The molecule has 0 N–H and O–H groups in total. The summed E-state index contributed by atoms with van der Waals surface area (Å²) in [6, 6.07) is 0. The second-order valence-corrected chi connectivity index (χ2v) is 1.54. The third kappa shape index (κ3) is 15.7. The molecule has 0 aromatic carbocycles. The Morgan fingerprint density at radius 2 is 1.50 bits per heavy atom. The normalized spacial score (nSPS) is 14.4. The Hall–Kier alpha value is -0.243. The molecular formula is C4H8LiNO4. The number of ether oxygens (including phenoxy) is 1. The van der Waals surface area contributed by atoms with Crippen LogP contribution < -0.4 is 18.9 Å². The van der Waals surface area contributed by atoms with Crippen LogP contribution in [-0.2, 0) is 4.74 Å². The summed E-state index contributed by atoms with van der Waals surface area (Å²) in [6.45, 7) is 2.00. The Kier molecular flexibility index (Phi) is 10.9. The van der Waals surface area contributed by atoms with Crippen LogP contribution in [0.15, 0.2) is 0 Å². The van der Waals surface area contributed by atoms with Crippen LogP contribution in [0.4, 0.5) is 0 Å². The number of hydrogen-bond acceptors (Lipinski definition) is 4. The third-order valence-corrected chi connectivity index (χ3v) is 0.827. The maximum atomic E-state index is 8.25. The predicted molar refractivity (Wildman–Crippen MR) is 30.4 cm³/mol. The summed E-state index contributed by atoms with van der Waals surface area (Å²) in [5, 5.41) is 14.8. The van der Waals surface area contributed by atoms with Crippen LogP contribution in [0.25, 0.3) is 0 Å². The molecule has 5 nitrogen and oxygen atoms in total. The Labute approximate surface area is 70.6 Å². The largest absolute Gasteiger partial charge is 1.00 e. The first kappa shape index (κ1) is 12.4. The molecule has 6 heteroatoms. The monoisotopic (exact) mass is 141 g/mol. The molecule has 0 aromatic heterocycles. The minimum Gasteiger partial charge on any atom is -0.381 e. The molecule has 0 saturated carbocycles. The fourth-order valence-electron chi connectivity index (χ4n) is 0.510. The van der Waals surface area contributed by atoms with E-state index < -0.39 is 5.09 Å². The van der Waals surface area contributed by atoms with E-state index >= 15 is 0 Å². The van der Waals surface area contributed by atoms with Crippen LogP contribution in [-0.4, -0.2) is 18.3 Å². The van der Waals surface area contributed by atoms with Gasteiger partial charge in [0, 0.05) is 13.2 Å². The molecule has 1 aliphatic rings.